The standard InChI is InChI=1S/C22H21N3O5/c1-28-15-6-5-11(10-17(15)29-2)12-8-13-18(14(26)9-12)19(16-4-3-7-30-16)20-21(23-13)24-25-22(20)27/h3-7,10,12,19H,8-9H2,1-2H3,(H3,23,24,25,27)/t12-,19-/m0/s1. The van der Waals surface area contributed by atoms with E-state index in [-0.39, 0.29) is 17.3 Å². The largest absolute Gasteiger partial charge is 0.493 e. The first-order chi connectivity index (χ1) is 14.6. The maximum absolute atomic E-state index is 13.3. The van der Waals surface area contributed by atoms with E-state index < -0.39 is 5.92 Å². The van der Waals surface area contributed by atoms with Gasteiger partial charge >= 0.3 is 0 Å². The molecule has 3 heterocycles. The number of methoxy groups -OCH3 is 2. The van der Waals surface area contributed by atoms with Crippen molar-refractivity contribution in [3.8, 4) is 11.5 Å². The average molecular weight is 407 g/mol. The molecule has 0 radical (unpaired) electrons. The Morgan fingerprint density at radius 2 is 1.87 bits per heavy atom. The Bertz CT molecular complexity index is 1200. The van der Waals surface area contributed by atoms with Crippen molar-refractivity contribution in [2.45, 2.75) is 24.7 Å². The molecule has 3 N–H and O–H groups in total. The minimum absolute atomic E-state index is 0.00353. The monoisotopic (exact) mass is 407 g/mol. The summed E-state index contributed by atoms with van der Waals surface area (Å²) in [5.74, 6) is 1.87. The molecule has 3 aromatic rings. The molecule has 30 heavy (non-hydrogen) atoms. The van der Waals surface area contributed by atoms with Gasteiger partial charge in [-0.3, -0.25) is 19.8 Å². The van der Waals surface area contributed by atoms with Gasteiger partial charge < -0.3 is 19.2 Å². The van der Waals surface area contributed by atoms with Gasteiger partial charge in [-0.15, -0.1) is 0 Å². The van der Waals surface area contributed by atoms with Crippen LogP contribution in [-0.4, -0.2) is 30.2 Å². The molecule has 0 unspecified atom stereocenters. The molecular weight excluding hydrogens is 386 g/mol. The fraction of sp³-hybridized carbons (Fsp3) is 0.273. The summed E-state index contributed by atoms with van der Waals surface area (Å²) < 4.78 is 16.4. The summed E-state index contributed by atoms with van der Waals surface area (Å²) in [5, 5.41) is 8.76. The number of aromatic nitrogens is 2. The first-order valence-corrected chi connectivity index (χ1v) is 9.69. The Morgan fingerprint density at radius 3 is 2.60 bits per heavy atom. The van der Waals surface area contributed by atoms with E-state index in [0.29, 0.717) is 47.1 Å². The zero-order valence-corrected chi connectivity index (χ0v) is 16.6. The van der Waals surface area contributed by atoms with Gasteiger partial charge in [-0.05, 0) is 42.2 Å². The van der Waals surface area contributed by atoms with Crippen LogP contribution >= 0.6 is 0 Å². The third kappa shape index (κ3) is 2.75. The van der Waals surface area contributed by atoms with Gasteiger partial charge in [0.2, 0.25) is 0 Å². The summed E-state index contributed by atoms with van der Waals surface area (Å²) >= 11 is 0. The Labute approximate surface area is 171 Å². The van der Waals surface area contributed by atoms with Crippen LogP contribution in [0.1, 0.15) is 41.6 Å². The van der Waals surface area contributed by atoms with Gasteiger partial charge in [0.15, 0.2) is 17.3 Å². The predicted molar refractivity (Wildman–Crippen MR) is 109 cm³/mol. The van der Waals surface area contributed by atoms with Crippen LogP contribution in [0.4, 0.5) is 5.82 Å². The lowest BCUT2D eigenvalue weighted by Gasteiger charge is -2.33. The third-order valence-electron chi connectivity index (χ3n) is 5.88. The normalized spacial score (nSPS) is 20.4. The van der Waals surface area contributed by atoms with Crippen LogP contribution in [0.5, 0.6) is 11.5 Å². The van der Waals surface area contributed by atoms with Crippen molar-refractivity contribution in [1.82, 2.24) is 10.2 Å². The van der Waals surface area contributed by atoms with Gasteiger partial charge in [0.1, 0.15) is 11.6 Å². The number of nitrogens with one attached hydrogen (secondary N) is 3. The maximum atomic E-state index is 13.3. The van der Waals surface area contributed by atoms with Gasteiger partial charge in [-0.2, -0.15) is 0 Å². The van der Waals surface area contributed by atoms with Gasteiger partial charge in [-0.25, -0.2) is 0 Å². The first kappa shape index (κ1) is 18.4. The van der Waals surface area contributed by atoms with E-state index in [2.05, 4.69) is 15.5 Å². The van der Waals surface area contributed by atoms with Crippen molar-refractivity contribution in [3.63, 3.8) is 0 Å². The number of carbonyl (C=O) groups is 1. The fourth-order valence-corrected chi connectivity index (χ4v) is 4.50. The lowest BCUT2D eigenvalue weighted by molar-refractivity contribution is -0.116. The van der Waals surface area contributed by atoms with Crippen molar-refractivity contribution < 1.29 is 18.7 Å². The second-order valence-electron chi connectivity index (χ2n) is 7.48. The van der Waals surface area contributed by atoms with Crippen LogP contribution in [0.25, 0.3) is 0 Å². The fourth-order valence-electron chi connectivity index (χ4n) is 4.50. The Hall–Kier alpha value is -3.68. The van der Waals surface area contributed by atoms with Crippen LogP contribution in [-0.2, 0) is 4.79 Å². The van der Waals surface area contributed by atoms with Crippen LogP contribution in [0, 0.1) is 0 Å². The average Bonchev–Trinajstić information content (AvgIpc) is 3.42. The molecule has 1 aromatic carbocycles. The van der Waals surface area contributed by atoms with Crippen molar-refractivity contribution in [3.05, 3.63) is 75.1 Å². The molecule has 154 valence electrons. The van der Waals surface area contributed by atoms with Gasteiger partial charge in [-0.1, -0.05) is 6.07 Å². The number of aromatic amines is 2. The zero-order valence-electron chi connectivity index (χ0n) is 16.6. The molecule has 0 bridgehead atoms. The SMILES string of the molecule is COc1ccc([C@@H]2CC(=O)C3=C(C2)Nc2[nH][nH]c(=O)c2[C@H]3c2ccco2)cc1OC. The number of ketones is 1. The molecular formula is C22H21N3O5. The zero-order chi connectivity index (χ0) is 20.8. The number of anilines is 1. The van der Waals surface area contributed by atoms with E-state index in [1.807, 2.05) is 18.2 Å². The number of hydrogen-bond donors (Lipinski definition) is 3. The molecule has 1 aliphatic heterocycles. The Morgan fingerprint density at radius 1 is 1.03 bits per heavy atom. The predicted octanol–water partition coefficient (Wildman–Crippen LogP) is 3.27. The molecule has 2 aliphatic rings. The number of H-pyrrole nitrogens is 2. The molecule has 8 heteroatoms. The van der Waals surface area contributed by atoms with Crippen LogP contribution in [0.15, 0.2) is 57.1 Å². The molecule has 2 atom stereocenters. The number of allylic oxidation sites excluding steroid dienone is 2. The molecule has 5 rings (SSSR count). The number of benzene rings is 1. The molecule has 0 saturated carbocycles. The summed E-state index contributed by atoms with van der Waals surface area (Å²) in [4.78, 5) is 25.8. The molecule has 0 amide bonds. The molecule has 0 spiro atoms. The Balaban J connectivity index is 1.57. The topological polar surface area (TPSA) is 109 Å². The summed E-state index contributed by atoms with van der Waals surface area (Å²) in [6.07, 6.45) is 2.52. The lowest BCUT2D eigenvalue weighted by Crippen LogP contribution is -2.31. The van der Waals surface area contributed by atoms with Gasteiger partial charge in [0.05, 0.1) is 32.0 Å². The second-order valence-corrected chi connectivity index (χ2v) is 7.48. The third-order valence-corrected chi connectivity index (χ3v) is 5.88. The first-order valence-electron chi connectivity index (χ1n) is 9.69. The highest BCUT2D eigenvalue weighted by Crippen LogP contribution is 2.47. The molecule has 1 aliphatic carbocycles. The van der Waals surface area contributed by atoms with Gasteiger partial charge in [0, 0.05) is 17.7 Å². The summed E-state index contributed by atoms with van der Waals surface area (Å²) in [7, 11) is 3.18. The quantitative estimate of drug-likeness (QED) is 0.612. The van der Waals surface area contributed by atoms with E-state index in [9.17, 15) is 9.59 Å². The lowest BCUT2D eigenvalue weighted by atomic mass is 9.74. The highest BCUT2D eigenvalue weighted by atomic mass is 16.5. The van der Waals surface area contributed by atoms with E-state index in [0.717, 1.165) is 11.3 Å². The highest BCUT2D eigenvalue weighted by molar-refractivity contribution is 6.01. The van der Waals surface area contributed by atoms with E-state index >= 15 is 0 Å². The number of rotatable bonds is 4. The van der Waals surface area contributed by atoms with E-state index in [1.54, 1.807) is 32.6 Å². The Kier molecular flexibility index (Phi) is 4.27. The van der Waals surface area contributed by atoms with Crippen molar-refractivity contribution in [2.75, 3.05) is 19.5 Å². The van der Waals surface area contributed by atoms with Crippen LogP contribution < -0.4 is 20.3 Å². The van der Waals surface area contributed by atoms with Gasteiger partial charge in [0.25, 0.3) is 5.56 Å². The van der Waals surface area contributed by atoms with Crippen LogP contribution in [0.3, 0.4) is 0 Å². The highest BCUT2D eigenvalue weighted by Gasteiger charge is 2.41. The number of Topliss-reactive ketones (excluding diaryl/α,β-unsaturated/α-hetero) is 1. The minimum atomic E-state index is -0.528. The minimum Gasteiger partial charge on any atom is -0.493 e. The number of furan rings is 1. The number of hydrogen-bond acceptors (Lipinski definition) is 6. The second kappa shape index (κ2) is 6.98. The molecule has 0 saturated heterocycles. The molecule has 2 aromatic heterocycles. The number of carbonyl (C=O) groups excluding carboxylic acids is 1. The molecule has 8 nitrogen and oxygen atoms in total. The van der Waals surface area contributed by atoms with Crippen molar-refractivity contribution in [2.24, 2.45) is 0 Å². The summed E-state index contributed by atoms with van der Waals surface area (Å²) in [6.45, 7) is 0. The molecule has 0 fully saturated rings. The summed E-state index contributed by atoms with van der Waals surface area (Å²) in [5.41, 5.74) is 2.61. The van der Waals surface area contributed by atoms with E-state index in [4.69, 9.17) is 13.9 Å². The van der Waals surface area contributed by atoms with Crippen molar-refractivity contribution in [1.29, 1.82) is 0 Å². The van der Waals surface area contributed by atoms with Crippen molar-refractivity contribution >= 4 is 11.6 Å². The number of ether oxygens (including phenoxy) is 2. The van der Waals surface area contributed by atoms with Crippen LogP contribution in [0.2, 0.25) is 0 Å². The smallest absolute Gasteiger partial charge is 0.270 e. The number of fused-ring (bicyclic) bond motifs is 1. The van der Waals surface area contributed by atoms with E-state index in [1.165, 1.54) is 0 Å². The summed E-state index contributed by atoms with van der Waals surface area (Å²) in [6, 6.07) is 9.28. The maximum Gasteiger partial charge on any atom is 0.270 e.